The van der Waals surface area contributed by atoms with E-state index < -0.39 is 0 Å². The van der Waals surface area contributed by atoms with E-state index in [0.717, 1.165) is 16.7 Å². The van der Waals surface area contributed by atoms with Crippen LogP contribution in [0.1, 0.15) is 0 Å². The maximum atomic E-state index is 4.28. The van der Waals surface area contributed by atoms with Gasteiger partial charge in [-0.25, -0.2) is 0 Å². The van der Waals surface area contributed by atoms with E-state index >= 15 is 0 Å². The fraction of sp³-hybridized carbons (Fsp3) is 0. The van der Waals surface area contributed by atoms with Gasteiger partial charge in [0.15, 0.2) is 0 Å². The van der Waals surface area contributed by atoms with Gasteiger partial charge in [-0.3, -0.25) is 15.0 Å². The van der Waals surface area contributed by atoms with Crippen molar-refractivity contribution in [2.75, 3.05) is 0 Å². The molecule has 3 heterocycles. The normalized spacial score (nSPS) is 11.1. The van der Waals surface area contributed by atoms with Gasteiger partial charge in [0.2, 0.25) is 0 Å². The van der Waals surface area contributed by atoms with Gasteiger partial charge in [-0.1, -0.05) is 36.4 Å². The highest BCUT2D eigenvalue weighted by molar-refractivity contribution is 6.20. The van der Waals surface area contributed by atoms with E-state index in [2.05, 4.69) is 93.8 Å². The third-order valence-electron chi connectivity index (χ3n) is 5.96. The van der Waals surface area contributed by atoms with Gasteiger partial charge in [-0.05, 0) is 97.4 Å². The molecule has 150 valence electrons. The molecule has 0 aliphatic carbocycles. The largest absolute Gasteiger partial charge is 0.265 e. The average Bonchev–Trinajstić information content (AvgIpc) is 2.88. The first-order chi connectivity index (χ1) is 15.9. The lowest BCUT2D eigenvalue weighted by Crippen LogP contribution is -1.92. The predicted molar refractivity (Wildman–Crippen MR) is 131 cm³/mol. The molecule has 6 rings (SSSR count). The van der Waals surface area contributed by atoms with Crippen LogP contribution < -0.4 is 0 Å². The summed E-state index contributed by atoms with van der Waals surface area (Å²) >= 11 is 0. The van der Waals surface area contributed by atoms with Gasteiger partial charge in [0.25, 0.3) is 0 Å². The summed E-state index contributed by atoms with van der Waals surface area (Å²) < 4.78 is 0. The molecule has 6 aromatic rings. The molecule has 0 spiro atoms. The lowest BCUT2D eigenvalue weighted by atomic mass is 9.85. The first-order valence-corrected chi connectivity index (χ1v) is 10.6. The van der Waals surface area contributed by atoms with Crippen molar-refractivity contribution in [1.29, 1.82) is 0 Å². The van der Waals surface area contributed by atoms with E-state index in [-0.39, 0.29) is 0 Å². The van der Waals surface area contributed by atoms with Crippen LogP contribution in [0.15, 0.2) is 116 Å². The van der Waals surface area contributed by atoms with Gasteiger partial charge in [0, 0.05) is 37.2 Å². The van der Waals surface area contributed by atoms with Gasteiger partial charge in [0.1, 0.15) is 0 Å². The molecule has 0 bridgehead atoms. The number of hydrogen-bond donors (Lipinski definition) is 0. The van der Waals surface area contributed by atoms with Gasteiger partial charge < -0.3 is 0 Å². The number of rotatable bonds is 3. The minimum Gasteiger partial charge on any atom is -0.265 e. The van der Waals surface area contributed by atoms with Crippen molar-refractivity contribution in [2.45, 2.75) is 0 Å². The van der Waals surface area contributed by atoms with Crippen LogP contribution in [0.4, 0.5) is 0 Å². The summed E-state index contributed by atoms with van der Waals surface area (Å²) in [6.07, 6.45) is 11.1. The fourth-order valence-electron chi connectivity index (χ4n) is 4.58. The number of aromatic nitrogens is 3. The standard InChI is InChI=1S/C29H19N3/c1-3-23-19-24-4-2-6-26(21-9-15-31-16-10-21)28(24)29(22-11-17-32-18-12-22)27(23)25(5-1)20-7-13-30-14-8-20/h1-19H. The molecule has 0 N–H and O–H groups in total. The summed E-state index contributed by atoms with van der Waals surface area (Å²) in [5.74, 6) is 0. The summed E-state index contributed by atoms with van der Waals surface area (Å²) in [4.78, 5) is 12.7. The minimum absolute atomic E-state index is 1.15. The van der Waals surface area contributed by atoms with E-state index in [1.165, 1.54) is 38.2 Å². The molecule has 3 aromatic heterocycles. The maximum absolute atomic E-state index is 4.28. The molecule has 0 amide bonds. The zero-order valence-corrected chi connectivity index (χ0v) is 17.3. The summed E-state index contributed by atoms with van der Waals surface area (Å²) in [6.45, 7) is 0. The number of fused-ring (bicyclic) bond motifs is 2. The molecule has 0 radical (unpaired) electrons. The molecule has 32 heavy (non-hydrogen) atoms. The van der Waals surface area contributed by atoms with Crippen molar-refractivity contribution < 1.29 is 0 Å². The van der Waals surface area contributed by atoms with E-state index in [4.69, 9.17) is 0 Å². The van der Waals surface area contributed by atoms with E-state index in [9.17, 15) is 0 Å². The smallest absolute Gasteiger partial charge is 0.0273 e. The number of hydrogen-bond acceptors (Lipinski definition) is 3. The third-order valence-corrected chi connectivity index (χ3v) is 5.96. The van der Waals surface area contributed by atoms with E-state index in [1.54, 1.807) is 0 Å². The molecule has 0 saturated carbocycles. The Bertz CT molecular complexity index is 1450. The summed E-state index contributed by atoms with van der Waals surface area (Å²) in [6, 6.07) is 27.8. The van der Waals surface area contributed by atoms with Gasteiger partial charge in [-0.15, -0.1) is 0 Å². The highest BCUT2D eigenvalue weighted by atomic mass is 14.6. The molecular weight excluding hydrogens is 390 g/mol. The van der Waals surface area contributed by atoms with Crippen molar-refractivity contribution in [2.24, 2.45) is 0 Å². The minimum atomic E-state index is 1.15. The van der Waals surface area contributed by atoms with Crippen molar-refractivity contribution in [3.8, 4) is 33.4 Å². The second-order valence-corrected chi connectivity index (χ2v) is 7.77. The fourth-order valence-corrected chi connectivity index (χ4v) is 4.58. The average molecular weight is 409 g/mol. The molecule has 0 fully saturated rings. The van der Waals surface area contributed by atoms with Crippen molar-refractivity contribution >= 4 is 21.5 Å². The summed E-state index contributed by atoms with van der Waals surface area (Å²) in [5.41, 5.74) is 7.08. The Balaban J connectivity index is 1.84. The number of nitrogens with zero attached hydrogens (tertiary/aromatic N) is 3. The van der Waals surface area contributed by atoms with Crippen LogP contribution in [0.3, 0.4) is 0 Å². The maximum Gasteiger partial charge on any atom is 0.0273 e. The molecule has 0 aliphatic heterocycles. The van der Waals surface area contributed by atoms with Crippen LogP contribution in [-0.4, -0.2) is 15.0 Å². The van der Waals surface area contributed by atoms with Crippen LogP contribution in [0.5, 0.6) is 0 Å². The second kappa shape index (κ2) is 7.71. The van der Waals surface area contributed by atoms with Crippen molar-refractivity contribution in [3.63, 3.8) is 0 Å². The lowest BCUT2D eigenvalue weighted by molar-refractivity contribution is 1.33. The molecule has 0 unspecified atom stereocenters. The van der Waals surface area contributed by atoms with Crippen LogP contribution in [0, 0.1) is 0 Å². The summed E-state index contributed by atoms with van der Waals surface area (Å²) in [7, 11) is 0. The number of benzene rings is 3. The summed E-state index contributed by atoms with van der Waals surface area (Å²) in [5, 5.41) is 4.90. The lowest BCUT2D eigenvalue weighted by Gasteiger charge is -2.18. The molecular formula is C29H19N3. The monoisotopic (exact) mass is 409 g/mol. The van der Waals surface area contributed by atoms with Crippen molar-refractivity contribution in [3.05, 3.63) is 116 Å². The second-order valence-electron chi connectivity index (χ2n) is 7.77. The van der Waals surface area contributed by atoms with Crippen LogP contribution in [0.2, 0.25) is 0 Å². The molecule has 3 nitrogen and oxygen atoms in total. The van der Waals surface area contributed by atoms with E-state index in [0.29, 0.717) is 0 Å². The molecule has 3 aromatic carbocycles. The highest BCUT2D eigenvalue weighted by Gasteiger charge is 2.17. The van der Waals surface area contributed by atoms with Gasteiger partial charge >= 0.3 is 0 Å². The zero-order chi connectivity index (χ0) is 21.3. The zero-order valence-electron chi connectivity index (χ0n) is 17.3. The highest BCUT2D eigenvalue weighted by Crippen LogP contribution is 2.44. The molecule has 3 heteroatoms. The Kier molecular flexibility index (Phi) is 4.43. The van der Waals surface area contributed by atoms with Crippen LogP contribution in [0.25, 0.3) is 54.9 Å². The molecule has 0 aliphatic rings. The van der Waals surface area contributed by atoms with Crippen LogP contribution >= 0.6 is 0 Å². The van der Waals surface area contributed by atoms with Gasteiger partial charge in [0.05, 0.1) is 0 Å². The number of pyridine rings is 3. The quantitative estimate of drug-likeness (QED) is 0.291. The Hall–Kier alpha value is -4.37. The predicted octanol–water partition coefficient (Wildman–Crippen LogP) is 7.18. The van der Waals surface area contributed by atoms with Crippen molar-refractivity contribution in [1.82, 2.24) is 15.0 Å². The Morgan fingerprint density at radius 3 is 1.25 bits per heavy atom. The SMILES string of the molecule is c1cc(-c2ccncc2)c2c(-c3ccncc3)c3c(-c4ccncc4)cccc3cc2c1. The van der Waals surface area contributed by atoms with Gasteiger partial charge in [-0.2, -0.15) is 0 Å². The third kappa shape index (κ3) is 3.03. The first kappa shape index (κ1) is 18.4. The first-order valence-electron chi connectivity index (χ1n) is 10.6. The topological polar surface area (TPSA) is 38.7 Å². The Morgan fingerprint density at radius 1 is 0.406 bits per heavy atom. The molecule has 0 saturated heterocycles. The Labute approximate surface area is 186 Å². The van der Waals surface area contributed by atoms with Crippen LogP contribution in [-0.2, 0) is 0 Å². The van der Waals surface area contributed by atoms with E-state index in [1.807, 2.05) is 37.2 Å². The molecule has 0 atom stereocenters. The Morgan fingerprint density at radius 2 is 0.812 bits per heavy atom.